The van der Waals surface area contributed by atoms with Gasteiger partial charge in [0, 0.05) is 3.57 Å². The Hall–Kier alpha value is -2.43. The molecule has 1 N–H and O–H groups in total. The molecule has 0 saturated carbocycles. The summed E-state index contributed by atoms with van der Waals surface area (Å²) in [5, 5.41) is 4.34. The largest absolute Gasteiger partial charge is 0.271 e. The fourth-order valence-electron chi connectivity index (χ4n) is 2.86. The van der Waals surface area contributed by atoms with Crippen LogP contribution in [0.5, 0.6) is 0 Å². The molecule has 0 unspecified atom stereocenters. The van der Waals surface area contributed by atoms with Crippen LogP contribution in [0.1, 0.15) is 18.1 Å². The van der Waals surface area contributed by atoms with Crippen molar-refractivity contribution in [2.45, 2.75) is 18.7 Å². The third-order valence-corrected chi connectivity index (χ3v) is 7.44. The highest BCUT2D eigenvalue weighted by Gasteiger charge is 2.28. The van der Waals surface area contributed by atoms with Crippen LogP contribution in [-0.4, -0.2) is 26.6 Å². The molecule has 0 fully saturated rings. The first-order valence-corrected chi connectivity index (χ1v) is 12.5. The first-order chi connectivity index (χ1) is 15.2. The molecule has 1 amide bonds. The van der Waals surface area contributed by atoms with Gasteiger partial charge in [0.25, 0.3) is 15.9 Å². The summed E-state index contributed by atoms with van der Waals surface area (Å²) in [6.07, 6.45) is 0. The van der Waals surface area contributed by atoms with Gasteiger partial charge in [0.05, 0.1) is 21.3 Å². The standard InChI is InChI=1S/C23H21ClIN3O3S/c1-16-7-13-20(14-8-16)32(30,31)28(22-6-4-3-5-21(22)24)15-23(29)27-26-17(2)18-9-11-19(25)12-10-18/h3-14H,15H2,1-2H3,(H,27,29)/b26-17+. The van der Waals surface area contributed by atoms with Crippen molar-refractivity contribution >= 4 is 61.5 Å². The molecule has 0 bridgehead atoms. The molecule has 3 rings (SSSR count). The van der Waals surface area contributed by atoms with Crippen LogP contribution in [0, 0.1) is 10.5 Å². The topological polar surface area (TPSA) is 78.8 Å². The number of aryl methyl sites for hydroxylation is 1. The smallest absolute Gasteiger partial charge is 0.264 e. The second-order valence-electron chi connectivity index (χ2n) is 7.02. The monoisotopic (exact) mass is 581 g/mol. The minimum Gasteiger partial charge on any atom is -0.271 e. The molecule has 0 aliphatic rings. The molecule has 0 atom stereocenters. The molecule has 0 aromatic heterocycles. The number of carbonyl (C=O) groups is 1. The Labute approximate surface area is 206 Å². The Morgan fingerprint density at radius 2 is 1.66 bits per heavy atom. The zero-order chi connectivity index (χ0) is 23.3. The molecule has 166 valence electrons. The molecule has 9 heteroatoms. The van der Waals surface area contributed by atoms with Crippen molar-refractivity contribution in [3.8, 4) is 0 Å². The van der Waals surface area contributed by atoms with Gasteiger partial charge in [-0.15, -0.1) is 0 Å². The number of benzene rings is 3. The van der Waals surface area contributed by atoms with Crippen molar-refractivity contribution in [1.82, 2.24) is 5.43 Å². The van der Waals surface area contributed by atoms with E-state index < -0.39 is 22.5 Å². The average molecular weight is 582 g/mol. The van der Waals surface area contributed by atoms with Gasteiger partial charge in [-0.3, -0.25) is 9.10 Å². The minimum atomic E-state index is -4.05. The van der Waals surface area contributed by atoms with E-state index in [4.69, 9.17) is 11.6 Å². The summed E-state index contributed by atoms with van der Waals surface area (Å²) in [6, 6.07) is 20.6. The summed E-state index contributed by atoms with van der Waals surface area (Å²) in [4.78, 5) is 12.8. The number of halogens is 2. The van der Waals surface area contributed by atoms with E-state index in [0.29, 0.717) is 5.71 Å². The number of hydrogen-bond donors (Lipinski definition) is 1. The number of rotatable bonds is 7. The van der Waals surface area contributed by atoms with Crippen molar-refractivity contribution in [1.29, 1.82) is 0 Å². The molecule has 0 spiro atoms. The Morgan fingerprint density at radius 1 is 1.03 bits per heavy atom. The molecular formula is C23H21ClIN3O3S. The molecule has 32 heavy (non-hydrogen) atoms. The maximum Gasteiger partial charge on any atom is 0.264 e. The molecule has 0 radical (unpaired) electrons. The first-order valence-electron chi connectivity index (χ1n) is 9.61. The lowest BCUT2D eigenvalue weighted by molar-refractivity contribution is -0.119. The molecular weight excluding hydrogens is 561 g/mol. The van der Waals surface area contributed by atoms with Crippen LogP contribution in [0.2, 0.25) is 5.02 Å². The van der Waals surface area contributed by atoms with Crippen molar-refractivity contribution in [3.05, 3.63) is 92.5 Å². The highest BCUT2D eigenvalue weighted by Crippen LogP contribution is 2.30. The third kappa shape index (κ3) is 5.87. The van der Waals surface area contributed by atoms with Gasteiger partial charge in [0.1, 0.15) is 6.54 Å². The quantitative estimate of drug-likeness (QED) is 0.243. The number of nitrogens with one attached hydrogen (secondary N) is 1. The van der Waals surface area contributed by atoms with Crippen LogP contribution >= 0.6 is 34.2 Å². The molecule has 0 aliphatic carbocycles. The number of anilines is 1. The number of sulfonamides is 1. The number of nitrogens with zero attached hydrogens (tertiary/aromatic N) is 2. The second kappa shape index (κ2) is 10.5. The summed E-state index contributed by atoms with van der Waals surface area (Å²) >= 11 is 8.48. The summed E-state index contributed by atoms with van der Waals surface area (Å²) in [7, 11) is -4.05. The van der Waals surface area contributed by atoms with Gasteiger partial charge >= 0.3 is 0 Å². The van der Waals surface area contributed by atoms with E-state index >= 15 is 0 Å². The highest BCUT2D eigenvalue weighted by molar-refractivity contribution is 14.1. The summed E-state index contributed by atoms with van der Waals surface area (Å²) in [5.41, 5.74) is 5.03. The molecule has 0 saturated heterocycles. The van der Waals surface area contributed by atoms with Gasteiger partial charge < -0.3 is 0 Å². The van der Waals surface area contributed by atoms with Crippen LogP contribution in [-0.2, 0) is 14.8 Å². The van der Waals surface area contributed by atoms with E-state index in [0.717, 1.165) is 19.0 Å². The molecule has 6 nitrogen and oxygen atoms in total. The predicted octanol–water partition coefficient (Wildman–Crippen LogP) is 4.99. The fraction of sp³-hybridized carbons (Fsp3) is 0.130. The van der Waals surface area contributed by atoms with Gasteiger partial charge in [0.15, 0.2) is 0 Å². The van der Waals surface area contributed by atoms with Crippen molar-refractivity contribution < 1.29 is 13.2 Å². The molecule has 3 aromatic rings. The van der Waals surface area contributed by atoms with E-state index in [1.54, 1.807) is 43.3 Å². The lowest BCUT2D eigenvalue weighted by atomic mass is 10.1. The van der Waals surface area contributed by atoms with E-state index in [9.17, 15) is 13.2 Å². The van der Waals surface area contributed by atoms with E-state index in [1.807, 2.05) is 31.2 Å². The van der Waals surface area contributed by atoms with E-state index in [1.165, 1.54) is 12.1 Å². The van der Waals surface area contributed by atoms with Crippen LogP contribution in [0.25, 0.3) is 0 Å². The van der Waals surface area contributed by atoms with Gasteiger partial charge in [-0.2, -0.15) is 5.10 Å². The van der Waals surface area contributed by atoms with Crippen LogP contribution in [0.4, 0.5) is 5.69 Å². The lowest BCUT2D eigenvalue weighted by Gasteiger charge is -2.24. The zero-order valence-corrected chi connectivity index (χ0v) is 21.1. The normalized spacial score (nSPS) is 11.8. The van der Waals surface area contributed by atoms with E-state index in [2.05, 4.69) is 33.1 Å². The summed E-state index contributed by atoms with van der Waals surface area (Å²) < 4.78 is 28.8. The maximum absolute atomic E-state index is 13.4. The lowest BCUT2D eigenvalue weighted by Crippen LogP contribution is -2.40. The number of hydrazone groups is 1. The number of carbonyl (C=O) groups excluding carboxylic acids is 1. The maximum atomic E-state index is 13.4. The number of hydrogen-bond acceptors (Lipinski definition) is 4. The summed E-state index contributed by atoms with van der Waals surface area (Å²) in [6.45, 7) is 3.14. The van der Waals surface area contributed by atoms with Gasteiger partial charge in [-0.1, -0.05) is 53.6 Å². The Bertz CT molecular complexity index is 1240. The van der Waals surface area contributed by atoms with Crippen molar-refractivity contribution in [3.63, 3.8) is 0 Å². The zero-order valence-electron chi connectivity index (χ0n) is 17.4. The third-order valence-electron chi connectivity index (χ3n) is 4.63. The Morgan fingerprint density at radius 3 is 2.28 bits per heavy atom. The summed E-state index contributed by atoms with van der Waals surface area (Å²) in [5.74, 6) is -0.592. The van der Waals surface area contributed by atoms with Gasteiger partial charge in [0.2, 0.25) is 0 Å². The minimum absolute atomic E-state index is 0.0643. The molecule has 3 aromatic carbocycles. The average Bonchev–Trinajstić information content (AvgIpc) is 2.77. The molecule has 0 heterocycles. The van der Waals surface area contributed by atoms with Crippen LogP contribution in [0.3, 0.4) is 0 Å². The Balaban J connectivity index is 1.88. The Kier molecular flexibility index (Phi) is 7.91. The van der Waals surface area contributed by atoms with Crippen LogP contribution < -0.4 is 9.73 Å². The highest BCUT2D eigenvalue weighted by atomic mass is 127. The predicted molar refractivity (Wildman–Crippen MR) is 137 cm³/mol. The van der Waals surface area contributed by atoms with Crippen molar-refractivity contribution in [2.75, 3.05) is 10.8 Å². The number of amides is 1. The van der Waals surface area contributed by atoms with Gasteiger partial charge in [-0.05, 0) is 78.4 Å². The van der Waals surface area contributed by atoms with Crippen molar-refractivity contribution in [2.24, 2.45) is 5.10 Å². The molecule has 0 aliphatic heterocycles. The van der Waals surface area contributed by atoms with Gasteiger partial charge in [-0.25, -0.2) is 13.8 Å². The SMILES string of the molecule is C/C(=N\NC(=O)CN(c1ccccc1Cl)S(=O)(=O)c1ccc(C)cc1)c1ccc(I)cc1. The number of para-hydroxylation sites is 1. The fourth-order valence-corrected chi connectivity index (χ4v) is 4.95. The first kappa shape index (κ1) is 24.2. The van der Waals surface area contributed by atoms with E-state index in [-0.39, 0.29) is 15.6 Å². The second-order valence-corrected chi connectivity index (χ2v) is 10.5. The van der Waals surface area contributed by atoms with Crippen LogP contribution in [0.15, 0.2) is 82.8 Å².